The average molecular weight is 309 g/mol. The molecule has 1 aromatic carbocycles. The first-order valence-electron chi connectivity index (χ1n) is 5.39. The van der Waals surface area contributed by atoms with E-state index in [0.29, 0.717) is 12.4 Å². The van der Waals surface area contributed by atoms with Crippen molar-refractivity contribution in [1.82, 2.24) is 4.90 Å². The Morgan fingerprint density at radius 2 is 2.19 bits per heavy atom. The van der Waals surface area contributed by atoms with Crippen molar-refractivity contribution in [3.05, 3.63) is 34.1 Å². The Balaban J connectivity index is 2.65. The highest BCUT2D eigenvalue weighted by molar-refractivity contribution is 9.10. The van der Waals surface area contributed by atoms with Gasteiger partial charge in [-0.25, -0.2) is 4.39 Å². The molecule has 1 nitrogen and oxygen atoms in total. The molecule has 0 saturated carbocycles. The second kappa shape index (κ2) is 7.25. The maximum atomic E-state index is 13.5. The van der Waals surface area contributed by atoms with Crippen molar-refractivity contribution >= 4 is 27.5 Å². The normalized spacial score (nSPS) is 11.1. The third-order valence-corrected chi connectivity index (χ3v) is 3.22. The quantitative estimate of drug-likeness (QED) is 0.717. The molecule has 0 aromatic heterocycles. The minimum atomic E-state index is -0.146. The van der Waals surface area contributed by atoms with Crippen LogP contribution in [0.25, 0.3) is 0 Å². The largest absolute Gasteiger partial charge is 0.299 e. The smallest absolute Gasteiger partial charge is 0.127 e. The zero-order valence-electron chi connectivity index (χ0n) is 9.35. The van der Waals surface area contributed by atoms with Crippen molar-refractivity contribution in [1.29, 1.82) is 0 Å². The van der Waals surface area contributed by atoms with E-state index in [1.807, 2.05) is 6.07 Å². The summed E-state index contributed by atoms with van der Waals surface area (Å²) in [6, 6.07) is 5.04. The van der Waals surface area contributed by atoms with Crippen LogP contribution in [0.5, 0.6) is 0 Å². The summed E-state index contributed by atoms with van der Waals surface area (Å²) >= 11 is 9.01. The van der Waals surface area contributed by atoms with Crippen molar-refractivity contribution in [3.8, 4) is 0 Å². The van der Waals surface area contributed by atoms with Gasteiger partial charge >= 0.3 is 0 Å². The molecule has 1 rings (SSSR count). The molecule has 0 heterocycles. The fourth-order valence-corrected chi connectivity index (χ4v) is 2.07. The maximum absolute atomic E-state index is 13.5. The van der Waals surface area contributed by atoms with E-state index in [4.69, 9.17) is 11.6 Å². The summed E-state index contributed by atoms with van der Waals surface area (Å²) in [7, 11) is 0. The Hall–Kier alpha value is -0.120. The molecule has 0 aliphatic rings. The molecule has 0 saturated heterocycles. The summed E-state index contributed by atoms with van der Waals surface area (Å²) in [5.41, 5.74) is 0.728. The highest BCUT2D eigenvalue weighted by Crippen LogP contribution is 2.17. The van der Waals surface area contributed by atoms with Crippen LogP contribution in [-0.4, -0.2) is 23.9 Å². The molecule has 1 aromatic rings. The molecule has 0 fully saturated rings. The molecule has 0 amide bonds. The van der Waals surface area contributed by atoms with Gasteiger partial charge in [0, 0.05) is 22.5 Å². The molecule has 0 spiro atoms. The number of rotatable bonds is 6. The Kier molecular flexibility index (Phi) is 6.32. The van der Waals surface area contributed by atoms with Crippen molar-refractivity contribution in [2.75, 3.05) is 19.0 Å². The van der Waals surface area contributed by atoms with E-state index in [0.717, 1.165) is 29.5 Å². The third kappa shape index (κ3) is 4.40. The van der Waals surface area contributed by atoms with Crippen molar-refractivity contribution in [2.45, 2.75) is 19.9 Å². The first-order valence-corrected chi connectivity index (χ1v) is 6.72. The van der Waals surface area contributed by atoms with Gasteiger partial charge < -0.3 is 0 Å². The third-order valence-electron chi connectivity index (χ3n) is 2.46. The van der Waals surface area contributed by atoms with Crippen molar-refractivity contribution in [2.24, 2.45) is 0 Å². The first-order chi connectivity index (χ1) is 7.67. The lowest BCUT2D eigenvalue weighted by atomic mass is 10.2. The van der Waals surface area contributed by atoms with Crippen LogP contribution >= 0.6 is 27.5 Å². The summed E-state index contributed by atoms with van der Waals surface area (Å²) in [5.74, 6) is 0.504. The summed E-state index contributed by atoms with van der Waals surface area (Å²) in [4.78, 5) is 2.19. The van der Waals surface area contributed by atoms with E-state index in [2.05, 4.69) is 27.8 Å². The number of hydrogen-bond donors (Lipinski definition) is 0. The van der Waals surface area contributed by atoms with Gasteiger partial charge in [-0.1, -0.05) is 22.9 Å². The molecule has 16 heavy (non-hydrogen) atoms. The van der Waals surface area contributed by atoms with Gasteiger partial charge in [0.05, 0.1) is 0 Å². The summed E-state index contributed by atoms with van der Waals surface area (Å²) in [6.45, 7) is 4.53. The van der Waals surface area contributed by atoms with Crippen LogP contribution in [0.15, 0.2) is 22.7 Å². The molecular formula is C12H16BrClFN. The average Bonchev–Trinajstić information content (AvgIpc) is 2.28. The van der Waals surface area contributed by atoms with Gasteiger partial charge in [0.2, 0.25) is 0 Å². The molecule has 0 aliphatic carbocycles. The Morgan fingerprint density at radius 1 is 1.44 bits per heavy atom. The van der Waals surface area contributed by atoms with E-state index >= 15 is 0 Å². The van der Waals surface area contributed by atoms with E-state index in [-0.39, 0.29) is 5.82 Å². The van der Waals surface area contributed by atoms with Crippen LogP contribution in [0.2, 0.25) is 0 Å². The van der Waals surface area contributed by atoms with E-state index < -0.39 is 0 Å². The monoisotopic (exact) mass is 307 g/mol. The standard InChI is InChI=1S/C12H16BrClFN/c1-2-16(7-3-6-14)9-10-8-11(13)4-5-12(10)15/h4-5,8H,2-3,6-7,9H2,1H3. The zero-order valence-corrected chi connectivity index (χ0v) is 11.7. The van der Waals surface area contributed by atoms with Crippen LogP contribution < -0.4 is 0 Å². The predicted molar refractivity (Wildman–Crippen MR) is 70.4 cm³/mol. The van der Waals surface area contributed by atoms with Crippen LogP contribution in [-0.2, 0) is 6.54 Å². The summed E-state index contributed by atoms with van der Waals surface area (Å²) in [5, 5.41) is 0. The second-order valence-electron chi connectivity index (χ2n) is 3.65. The van der Waals surface area contributed by atoms with Crippen LogP contribution in [0.1, 0.15) is 18.9 Å². The van der Waals surface area contributed by atoms with Gasteiger partial charge in [-0.15, -0.1) is 11.6 Å². The molecule has 0 aliphatic heterocycles. The highest BCUT2D eigenvalue weighted by atomic mass is 79.9. The molecule has 0 atom stereocenters. The van der Waals surface area contributed by atoms with Crippen molar-refractivity contribution < 1.29 is 4.39 Å². The molecule has 0 radical (unpaired) electrons. The topological polar surface area (TPSA) is 3.24 Å². The minimum absolute atomic E-state index is 0.146. The lowest BCUT2D eigenvalue weighted by Crippen LogP contribution is -2.24. The fourth-order valence-electron chi connectivity index (χ4n) is 1.54. The van der Waals surface area contributed by atoms with E-state index in [1.165, 1.54) is 6.07 Å². The Morgan fingerprint density at radius 3 is 2.81 bits per heavy atom. The summed E-state index contributed by atoms with van der Waals surface area (Å²) in [6.07, 6.45) is 0.936. The van der Waals surface area contributed by atoms with E-state index in [9.17, 15) is 4.39 Å². The first kappa shape index (κ1) is 13.9. The summed E-state index contributed by atoms with van der Waals surface area (Å²) < 4.78 is 14.4. The van der Waals surface area contributed by atoms with Gasteiger partial charge in [-0.05, 0) is 37.7 Å². The molecule has 0 unspecified atom stereocenters. The maximum Gasteiger partial charge on any atom is 0.127 e. The van der Waals surface area contributed by atoms with Crippen molar-refractivity contribution in [3.63, 3.8) is 0 Å². The number of alkyl halides is 1. The zero-order chi connectivity index (χ0) is 12.0. The number of halogens is 3. The van der Waals surface area contributed by atoms with E-state index in [1.54, 1.807) is 6.07 Å². The molecule has 0 bridgehead atoms. The second-order valence-corrected chi connectivity index (χ2v) is 4.94. The van der Waals surface area contributed by atoms with Gasteiger partial charge in [0.25, 0.3) is 0 Å². The van der Waals surface area contributed by atoms with Gasteiger partial charge in [0.15, 0.2) is 0 Å². The lowest BCUT2D eigenvalue weighted by Gasteiger charge is -2.20. The predicted octanol–water partition coefficient (Wildman–Crippen LogP) is 4.04. The fraction of sp³-hybridized carbons (Fsp3) is 0.500. The SMILES string of the molecule is CCN(CCCCl)Cc1cc(Br)ccc1F. The minimum Gasteiger partial charge on any atom is -0.299 e. The van der Waals surface area contributed by atoms with Gasteiger partial charge in [-0.3, -0.25) is 4.90 Å². The molecule has 4 heteroatoms. The molecule has 0 N–H and O–H groups in total. The molecule has 90 valence electrons. The number of benzene rings is 1. The molecular weight excluding hydrogens is 292 g/mol. The van der Waals surface area contributed by atoms with Gasteiger partial charge in [-0.2, -0.15) is 0 Å². The number of hydrogen-bond acceptors (Lipinski definition) is 1. The highest BCUT2D eigenvalue weighted by Gasteiger charge is 2.08. The Labute approximate surface area is 110 Å². The Bertz CT molecular complexity index is 333. The van der Waals surface area contributed by atoms with Crippen LogP contribution in [0.3, 0.4) is 0 Å². The van der Waals surface area contributed by atoms with Crippen LogP contribution in [0.4, 0.5) is 4.39 Å². The van der Waals surface area contributed by atoms with Gasteiger partial charge in [0.1, 0.15) is 5.82 Å². The lowest BCUT2D eigenvalue weighted by molar-refractivity contribution is 0.277. The number of nitrogens with zero attached hydrogens (tertiary/aromatic N) is 1. The van der Waals surface area contributed by atoms with Crippen LogP contribution in [0, 0.1) is 5.82 Å².